The predicted molar refractivity (Wildman–Crippen MR) is 102 cm³/mol. The first kappa shape index (κ1) is 22.0. The second kappa shape index (κ2) is 9.36. The fourth-order valence-corrected chi connectivity index (χ4v) is 2.93. The van der Waals surface area contributed by atoms with E-state index >= 15 is 0 Å². The number of nitrogens with zero attached hydrogens (tertiary/aromatic N) is 1. The van der Waals surface area contributed by atoms with E-state index in [1.54, 1.807) is 18.2 Å². The van der Waals surface area contributed by atoms with Crippen LogP contribution in [0.3, 0.4) is 0 Å². The number of piperidine rings is 1. The molecule has 1 aliphatic rings. The number of likely N-dealkylation sites (tertiary alicyclic amines) is 1. The minimum Gasteiger partial charge on any atom is -0.399 e. The molecule has 1 unspecified atom stereocenters. The van der Waals surface area contributed by atoms with Gasteiger partial charge in [0, 0.05) is 29.9 Å². The first-order valence-corrected chi connectivity index (χ1v) is 7.77. The van der Waals surface area contributed by atoms with E-state index in [1.165, 1.54) is 12.8 Å². The summed E-state index contributed by atoms with van der Waals surface area (Å²) >= 11 is 0. The highest BCUT2D eigenvalue weighted by molar-refractivity contribution is 5.95. The number of hydrogen-bond acceptors (Lipinski definition) is 3. The zero-order valence-corrected chi connectivity index (χ0v) is 15.8. The van der Waals surface area contributed by atoms with Gasteiger partial charge in [-0.05, 0) is 57.4 Å². The van der Waals surface area contributed by atoms with E-state index in [4.69, 9.17) is 5.73 Å². The summed E-state index contributed by atoms with van der Waals surface area (Å²) in [5.41, 5.74) is 6.94. The molecule has 3 N–H and O–H groups in total. The minimum atomic E-state index is -0.0552. The van der Waals surface area contributed by atoms with Crippen molar-refractivity contribution in [2.24, 2.45) is 5.92 Å². The van der Waals surface area contributed by atoms with Crippen LogP contribution in [-0.2, 0) is 0 Å². The third-order valence-electron chi connectivity index (χ3n) is 4.34. The topological polar surface area (TPSA) is 58.4 Å². The maximum absolute atomic E-state index is 12.2. The Morgan fingerprint density at radius 2 is 2.09 bits per heavy atom. The van der Waals surface area contributed by atoms with Crippen LogP contribution in [0, 0.1) is 5.92 Å². The third-order valence-corrected chi connectivity index (χ3v) is 4.34. The smallest absolute Gasteiger partial charge is 0.251 e. The average Bonchev–Trinajstić information content (AvgIpc) is 2.45. The van der Waals surface area contributed by atoms with Gasteiger partial charge in [0.2, 0.25) is 0 Å². The van der Waals surface area contributed by atoms with Crippen LogP contribution >= 0.6 is 24.8 Å². The lowest BCUT2D eigenvalue weighted by Crippen LogP contribution is -2.54. The number of nitrogens with two attached hydrogens (primary N) is 1. The normalized spacial score (nSPS) is 18.5. The van der Waals surface area contributed by atoms with E-state index in [9.17, 15) is 4.79 Å². The van der Waals surface area contributed by atoms with Gasteiger partial charge in [0.25, 0.3) is 5.91 Å². The number of halogens is 2. The van der Waals surface area contributed by atoms with Gasteiger partial charge in [-0.2, -0.15) is 0 Å². The standard InChI is InChI=1S/C17H27N3O.2ClH/c1-13-6-5-9-20(11-13)17(2,3)12-19-16(21)14-7-4-8-15(18)10-14;;/h4,7-8,10,13H,5-6,9,11-12,18H2,1-3H3,(H,19,21);2*1H. The van der Waals surface area contributed by atoms with Gasteiger partial charge in [-0.25, -0.2) is 0 Å². The molecule has 0 radical (unpaired) electrons. The molecule has 132 valence electrons. The minimum absolute atomic E-state index is 0. The number of rotatable bonds is 4. The van der Waals surface area contributed by atoms with Gasteiger partial charge in [0.05, 0.1) is 0 Å². The fourth-order valence-electron chi connectivity index (χ4n) is 2.93. The van der Waals surface area contributed by atoms with Gasteiger partial charge in [-0.3, -0.25) is 9.69 Å². The van der Waals surface area contributed by atoms with Crippen molar-refractivity contribution in [1.82, 2.24) is 10.2 Å². The molecule has 1 aliphatic heterocycles. The number of hydrogen-bond donors (Lipinski definition) is 2. The molecule has 4 nitrogen and oxygen atoms in total. The van der Waals surface area contributed by atoms with E-state index in [0.717, 1.165) is 19.0 Å². The Morgan fingerprint density at radius 3 is 2.70 bits per heavy atom. The van der Waals surface area contributed by atoms with E-state index in [2.05, 4.69) is 31.0 Å². The van der Waals surface area contributed by atoms with Crippen LogP contribution < -0.4 is 11.1 Å². The number of amides is 1. The van der Waals surface area contributed by atoms with Crippen molar-refractivity contribution < 1.29 is 4.79 Å². The average molecular weight is 362 g/mol. The Labute approximate surface area is 152 Å². The van der Waals surface area contributed by atoms with Gasteiger partial charge in [-0.1, -0.05) is 13.0 Å². The molecule has 0 aromatic heterocycles. The van der Waals surface area contributed by atoms with Crippen LogP contribution in [0.15, 0.2) is 24.3 Å². The van der Waals surface area contributed by atoms with Crippen molar-refractivity contribution in [2.45, 2.75) is 39.2 Å². The molecule has 1 aromatic rings. The van der Waals surface area contributed by atoms with Crippen LogP contribution in [0.25, 0.3) is 0 Å². The van der Waals surface area contributed by atoms with Crippen molar-refractivity contribution in [3.63, 3.8) is 0 Å². The van der Waals surface area contributed by atoms with Crippen molar-refractivity contribution in [3.05, 3.63) is 29.8 Å². The van der Waals surface area contributed by atoms with Crippen LogP contribution in [-0.4, -0.2) is 36.0 Å². The van der Waals surface area contributed by atoms with Crippen LogP contribution in [0.2, 0.25) is 0 Å². The van der Waals surface area contributed by atoms with Crippen LogP contribution in [0.5, 0.6) is 0 Å². The van der Waals surface area contributed by atoms with E-state index in [0.29, 0.717) is 17.8 Å². The van der Waals surface area contributed by atoms with Gasteiger partial charge < -0.3 is 11.1 Å². The quantitative estimate of drug-likeness (QED) is 0.808. The second-order valence-electron chi connectivity index (χ2n) is 6.81. The summed E-state index contributed by atoms with van der Waals surface area (Å²) in [6, 6.07) is 7.10. The molecule has 1 saturated heterocycles. The van der Waals surface area contributed by atoms with Gasteiger partial charge >= 0.3 is 0 Å². The molecule has 6 heteroatoms. The summed E-state index contributed by atoms with van der Waals surface area (Å²) in [7, 11) is 0. The molecular weight excluding hydrogens is 333 g/mol. The number of anilines is 1. The molecule has 0 aliphatic carbocycles. The first-order valence-electron chi connectivity index (χ1n) is 7.77. The molecule has 0 spiro atoms. The van der Waals surface area contributed by atoms with Crippen LogP contribution in [0.4, 0.5) is 5.69 Å². The lowest BCUT2D eigenvalue weighted by molar-refractivity contribution is 0.0657. The largest absolute Gasteiger partial charge is 0.399 e. The number of benzene rings is 1. The summed E-state index contributed by atoms with van der Waals surface area (Å²) in [6.07, 6.45) is 2.55. The molecular formula is C17H29Cl2N3O. The molecule has 1 heterocycles. The molecule has 0 bridgehead atoms. The number of nitrogen functional groups attached to an aromatic ring is 1. The van der Waals surface area contributed by atoms with Crippen molar-refractivity contribution in [3.8, 4) is 0 Å². The van der Waals surface area contributed by atoms with E-state index in [-0.39, 0.29) is 36.3 Å². The molecule has 1 atom stereocenters. The third kappa shape index (κ3) is 6.21. The van der Waals surface area contributed by atoms with Crippen molar-refractivity contribution >= 4 is 36.4 Å². The Balaban J connectivity index is 0.00000242. The van der Waals surface area contributed by atoms with E-state index < -0.39 is 0 Å². The molecule has 0 saturated carbocycles. The van der Waals surface area contributed by atoms with Crippen LogP contribution in [0.1, 0.15) is 44.0 Å². The summed E-state index contributed by atoms with van der Waals surface area (Å²) in [5, 5.41) is 3.04. The summed E-state index contributed by atoms with van der Waals surface area (Å²) in [5.74, 6) is 0.683. The molecule has 1 fully saturated rings. The van der Waals surface area contributed by atoms with Gasteiger partial charge in [-0.15, -0.1) is 24.8 Å². The lowest BCUT2D eigenvalue weighted by atomic mass is 9.93. The predicted octanol–water partition coefficient (Wildman–Crippen LogP) is 3.35. The Kier molecular flexibility index (Phi) is 8.96. The Morgan fingerprint density at radius 1 is 1.39 bits per heavy atom. The van der Waals surface area contributed by atoms with Crippen molar-refractivity contribution in [2.75, 3.05) is 25.4 Å². The van der Waals surface area contributed by atoms with Crippen molar-refractivity contribution in [1.29, 1.82) is 0 Å². The molecule has 1 amide bonds. The summed E-state index contributed by atoms with van der Waals surface area (Å²) in [6.45, 7) is 9.57. The summed E-state index contributed by atoms with van der Waals surface area (Å²) < 4.78 is 0. The highest BCUT2D eigenvalue weighted by Crippen LogP contribution is 2.23. The maximum atomic E-state index is 12.2. The second-order valence-corrected chi connectivity index (χ2v) is 6.81. The number of carbonyl (C=O) groups excluding carboxylic acids is 1. The van der Waals surface area contributed by atoms with E-state index in [1.807, 2.05) is 6.07 Å². The highest BCUT2D eigenvalue weighted by Gasteiger charge is 2.30. The molecule has 23 heavy (non-hydrogen) atoms. The number of nitrogens with one attached hydrogen (secondary N) is 1. The summed E-state index contributed by atoms with van der Waals surface area (Å²) in [4.78, 5) is 14.7. The van der Waals surface area contributed by atoms with Gasteiger partial charge in [0.15, 0.2) is 0 Å². The zero-order chi connectivity index (χ0) is 15.5. The Hall–Kier alpha value is -0.970. The number of carbonyl (C=O) groups is 1. The first-order chi connectivity index (χ1) is 9.88. The maximum Gasteiger partial charge on any atom is 0.251 e. The molecule has 2 rings (SSSR count). The SMILES string of the molecule is CC1CCCN(C(C)(C)CNC(=O)c2cccc(N)c2)C1.Cl.Cl. The lowest BCUT2D eigenvalue weighted by Gasteiger charge is -2.43. The molecule has 1 aromatic carbocycles. The highest BCUT2D eigenvalue weighted by atomic mass is 35.5. The Bertz CT molecular complexity index is 508. The zero-order valence-electron chi connectivity index (χ0n) is 14.2. The van der Waals surface area contributed by atoms with Gasteiger partial charge in [0.1, 0.15) is 0 Å². The fraction of sp³-hybridized carbons (Fsp3) is 0.588. The monoisotopic (exact) mass is 361 g/mol.